The molecule has 2 aromatic heterocycles. The molecule has 0 saturated carbocycles. The molecule has 4 rings (SSSR count). The number of benzene rings is 1. The average molecular weight is 468 g/mol. The lowest BCUT2D eigenvalue weighted by molar-refractivity contribution is 0.0182. The minimum Gasteiger partial charge on any atom is -0.465 e. The first-order valence-electron chi connectivity index (χ1n) is 10.1. The highest BCUT2D eigenvalue weighted by atomic mass is 32.2. The molecule has 0 atom stereocenters. The van der Waals surface area contributed by atoms with Gasteiger partial charge in [-0.05, 0) is 43.0 Å². The van der Waals surface area contributed by atoms with E-state index in [1.807, 2.05) is 6.26 Å². The van der Waals surface area contributed by atoms with Gasteiger partial charge in [0.05, 0.1) is 23.6 Å². The van der Waals surface area contributed by atoms with Gasteiger partial charge in [0.1, 0.15) is 5.69 Å². The van der Waals surface area contributed by atoms with E-state index in [0.29, 0.717) is 41.1 Å². The van der Waals surface area contributed by atoms with E-state index in [1.54, 1.807) is 25.2 Å². The molecule has 2 amide bonds. The van der Waals surface area contributed by atoms with Gasteiger partial charge in [0.25, 0.3) is 17.4 Å². The summed E-state index contributed by atoms with van der Waals surface area (Å²) in [4.78, 5) is 59.0. The van der Waals surface area contributed by atoms with Crippen molar-refractivity contribution in [1.82, 2.24) is 24.6 Å². The molecule has 3 aromatic rings. The van der Waals surface area contributed by atoms with E-state index in [1.165, 1.54) is 51.8 Å². The number of thioether (sulfide) groups is 1. The van der Waals surface area contributed by atoms with Gasteiger partial charge < -0.3 is 4.74 Å². The number of hydrogen-bond donors (Lipinski definition) is 0. The van der Waals surface area contributed by atoms with Gasteiger partial charge in [0.2, 0.25) is 0 Å². The molecule has 0 aliphatic carbocycles. The summed E-state index contributed by atoms with van der Waals surface area (Å²) in [5.74, 6) is -1.37. The summed E-state index contributed by atoms with van der Waals surface area (Å²) < 4.78 is 6.10. The summed E-state index contributed by atoms with van der Waals surface area (Å²) >= 11 is 1.34. The normalized spacial score (nSPS) is 13.4. The van der Waals surface area contributed by atoms with E-state index < -0.39 is 11.9 Å². The first-order valence-corrected chi connectivity index (χ1v) is 11.3. The average Bonchev–Trinajstić information content (AvgIpc) is 3.34. The van der Waals surface area contributed by atoms with E-state index in [0.717, 1.165) is 0 Å². The Balaban J connectivity index is 1.61. The number of ether oxygens (including phenoxy) is 1. The van der Waals surface area contributed by atoms with Gasteiger partial charge in [-0.3, -0.25) is 23.9 Å². The maximum atomic E-state index is 13.3. The minimum atomic E-state index is -0.552. The zero-order valence-electron chi connectivity index (χ0n) is 18.3. The Morgan fingerprint density at radius 3 is 2.36 bits per heavy atom. The van der Waals surface area contributed by atoms with Crippen LogP contribution >= 0.6 is 11.8 Å². The molecule has 1 saturated heterocycles. The zero-order chi connectivity index (χ0) is 23.7. The first-order chi connectivity index (χ1) is 15.8. The van der Waals surface area contributed by atoms with E-state index in [2.05, 4.69) is 14.7 Å². The highest BCUT2D eigenvalue weighted by Crippen LogP contribution is 2.21. The topological polar surface area (TPSA) is 115 Å². The molecule has 170 valence electrons. The lowest BCUT2D eigenvalue weighted by Gasteiger charge is -2.27. The van der Waals surface area contributed by atoms with Gasteiger partial charge in [-0.15, -0.1) is 0 Å². The maximum Gasteiger partial charge on any atom is 0.339 e. The molecule has 33 heavy (non-hydrogen) atoms. The number of nitrogens with zero attached hydrogens (tertiary/aromatic N) is 5. The number of carbonyl (C=O) groups is 3. The SMILES string of the molecule is COC(=O)c1ccc(C(=O)N2CCCN2C(=O)c2ccc3c(=O)n(C)c(SC)nc3c2)nc1. The molecule has 1 fully saturated rings. The number of fused-ring (bicyclic) bond motifs is 1. The molecular weight excluding hydrogens is 446 g/mol. The van der Waals surface area contributed by atoms with Crippen LogP contribution < -0.4 is 5.56 Å². The summed E-state index contributed by atoms with van der Waals surface area (Å²) in [5, 5.41) is 3.67. The smallest absolute Gasteiger partial charge is 0.339 e. The van der Waals surface area contributed by atoms with E-state index in [4.69, 9.17) is 0 Å². The van der Waals surface area contributed by atoms with Crippen LogP contribution in [0.25, 0.3) is 10.9 Å². The fraction of sp³-hybridized carbons (Fsp3) is 0.273. The molecule has 11 heteroatoms. The lowest BCUT2D eigenvalue weighted by Crippen LogP contribution is -2.45. The number of amides is 2. The summed E-state index contributed by atoms with van der Waals surface area (Å²) in [7, 11) is 2.91. The molecule has 3 heterocycles. The van der Waals surface area contributed by atoms with E-state index >= 15 is 0 Å². The molecule has 0 radical (unpaired) electrons. The van der Waals surface area contributed by atoms with Crippen molar-refractivity contribution in [2.45, 2.75) is 11.6 Å². The molecule has 0 N–H and O–H groups in total. The van der Waals surface area contributed by atoms with Crippen LogP contribution in [0.2, 0.25) is 0 Å². The van der Waals surface area contributed by atoms with Crippen LogP contribution in [0.15, 0.2) is 46.5 Å². The maximum absolute atomic E-state index is 13.3. The van der Waals surface area contributed by atoms with Gasteiger partial charge in [-0.1, -0.05) is 11.8 Å². The number of hydrogen-bond acceptors (Lipinski definition) is 8. The van der Waals surface area contributed by atoms with E-state index in [-0.39, 0.29) is 22.7 Å². The fourth-order valence-electron chi connectivity index (χ4n) is 3.64. The number of esters is 1. The number of methoxy groups -OCH3 is 1. The van der Waals surface area contributed by atoms with Crippen molar-refractivity contribution in [2.24, 2.45) is 7.05 Å². The third kappa shape index (κ3) is 4.07. The van der Waals surface area contributed by atoms with Crippen molar-refractivity contribution >= 4 is 40.4 Å². The van der Waals surface area contributed by atoms with Crippen molar-refractivity contribution in [1.29, 1.82) is 0 Å². The van der Waals surface area contributed by atoms with Gasteiger partial charge in [0, 0.05) is 31.9 Å². The van der Waals surface area contributed by atoms with Crippen LogP contribution in [0.1, 0.15) is 37.6 Å². The molecule has 0 bridgehead atoms. The van der Waals surface area contributed by atoms with Crippen LogP contribution in [0.3, 0.4) is 0 Å². The van der Waals surface area contributed by atoms with Crippen molar-refractivity contribution in [2.75, 3.05) is 26.5 Å². The summed E-state index contributed by atoms with van der Waals surface area (Å²) in [6.45, 7) is 0.719. The molecular formula is C22H21N5O5S. The zero-order valence-corrected chi connectivity index (χ0v) is 19.1. The monoisotopic (exact) mass is 467 g/mol. The third-order valence-corrected chi connectivity index (χ3v) is 6.10. The Morgan fingerprint density at radius 1 is 1.03 bits per heavy atom. The second-order valence-electron chi connectivity index (χ2n) is 7.33. The van der Waals surface area contributed by atoms with E-state index in [9.17, 15) is 19.2 Å². The predicted molar refractivity (Wildman–Crippen MR) is 121 cm³/mol. The summed E-state index contributed by atoms with van der Waals surface area (Å²) in [5.41, 5.74) is 0.885. The molecule has 0 unspecified atom stereocenters. The second kappa shape index (κ2) is 9.02. The van der Waals surface area contributed by atoms with Gasteiger partial charge in [-0.2, -0.15) is 0 Å². The number of aromatic nitrogens is 3. The molecule has 1 aromatic carbocycles. The second-order valence-corrected chi connectivity index (χ2v) is 8.10. The highest BCUT2D eigenvalue weighted by Gasteiger charge is 2.32. The van der Waals surface area contributed by atoms with Crippen molar-refractivity contribution in [3.05, 3.63) is 63.7 Å². The lowest BCUT2D eigenvalue weighted by atomic mass is 10.1. The number of rotatable bonds is 4. The third-order valence-electron chi connectivity index (χ3n) is 5.37. The predicted octanol–water partition coefficient (Wildman–Crippen LogP) is 1.74. The van der Waals surface area contributed by atoms with Crippen LogP contribution in [-0.4, -0.2) is 68.8 Å². The van der Waals surface area contributed by atoms with Crippen LogP contribution in [0, 0.1) is 0 Å². The Morgan fingerprint density at radius 2 is 1.73 bits per heavy atom. The van der Waals surface area contributed by atoms with Gasteiger partial charge in [-0.25, -0.2) is 19.8 Å². The number of carbonyl (C=O) groups excluding carboxylic acids is 3. The Bertz CT molecular complexity index is 1320. The van der Waals surface area contributed by atoms with Crippen molar-refractivity contribution in [3.8, 4) is 0 Å². The van der Waals surface area contributed by atoms with Gasteiger partial charge >= 0.3 is 5.97 Å². The van der Waals surface area contributed by atoms with Crippen molar-refractivity contribution in [3.63, 3.8) is 0 Å². The van der Waals surface area contributed by atoms with Gasteiger partial charge in [0.15, 0.2) is 5.16 Å². The Hall–Kier alpha value is -3.73. The first kappa shape index (κ1) is 22.5. The highest BCUT2D eigenvalue weighted by molar-refractivity contribution is 7.98. The number of pyridine rings is 1. The molecule has 0 spiro atoms. The summed E-state index contributed by atoms with van der Waals surface area (Å²) in [6.07, 6.45) is 3.70. The molecule has 10 nitrogen and oxygen atoms in total. The molecule has 1 aliphatic rings. The fourth-order valence-corrected chi connectivity index (χ4v) is 4.19. The summed E-state index contributed by atoms with van der Waals surface area (Å²) in [6, 6.07) is 7.60. The Labute approximate surface area is 193 Å². The quantitative estimate of drug-likeness (QED) is 0.324. The number of hydrazine groups is 1. The minimum absolute atomic E-state index is 0.107. The largest absolute Gasteiger partial charge is 0.465 e. The Kier molecular flexibility index (Phi) is 6.14. The van der Waals surface area contributed by atoms with Crippen LogP contribution in [-0.2, 0) is 11.8 Å². The van der Waals surface area contributed by atoms with Crippen molar-refractivity contribution < 1.29 is 19.1 Å². The van der Waals surface area contributed by atoms with Crippen LogP contribution in [0.4, 0.5) is 0 Å². The molecule has 1 aliphatic heterocycles. The standard InChI is InChI=1S/C22H21N5O5S/c1-25-19(29)15-7-5-13(11-17(15)24-22(25)33-3)18(28)26-9-4-10-27(26)20(30)16-8-6-14(12-23-16)21(31)32-2/h5-8,11-12H,4,9-10H2,1-3H3. The van der Waals surface area contributed by atoms with Crippen LogP contribution in [0.5, 0.6) is 0 Å².